The van der Waals surface area contributed by atoms with Crippen LogP contribution in [0.3, 0.4) is 0 Å². The van der Waals surface area contributed by atoms with E-state index in [1.165, 1.54) is 16.3 Å². The van der Waals surface area contributed by atoms with Crippen molar-refractivity contribution in [1.82, 2.24) is 9.88 Å². The van der Waals surface area contributed by atoms with Crippen LogP contribution in [0.15, 0.2) is 85.1 Å². The third-order valence-electron chi connectivity index (χ3n) is 7.06. The number of carbonyl (C=O) groups is 2. The van der Waals surface area contributed by atoms with Gasteiger partial charge in [0, 0.05) is 41.8 Å². The molecule has 1 aromatic heterocycles. The van der Waals surface area contributed by atoms with Crippen molar-refractivity contribution in [2.45, 2.75) is 37.8 Å². The van der Waals surface area contributed by atoms with Gasteiger partial charge in [0.1, 0.15) is 18.5 Å². The lowest BCUT2D eigenvalue weighted by Crippen LogP contribution is -2.45. The average molecular weight is 531 g/mol. The topological polar surface area (TPSA) is 123 Å². The molecule has 0 unspecified atom stereocenters. The number of aliphatic hydroxyl groups excluding tert-OH is 1. The van der Waals surface area contributed by atoms with Crippen LogP contribution in [-0.4, -0.2) is 69.0 Å². The number of nitrogens with zero attached hydrogens (tertiary/aromatic N) is 1. The smallest absolute Gasteiger partial charge is 0.328 e. The fraction of sp³-hybridized carbons (Fsp3) is 0.290. The van der Waals surface area contributed by atoms with E-state index in [1.54, 1.807) is 0 Å². The van der Waals surface area contributed by atoms with Gasteiger partial charge in [0.05, 0.1) is 0 Å². The van der Waals surface area contributed by atoms with Crippen LogP contribution in [0.5, 0.6) is 5.75 Å². The van der Waals surface area contributed by atoms with Crippen LogP contribution in [0.1, 0.15) is 31.2 Å². The largest absolute Gasteiger partial charge is 0.490 e. The van der Waals surface area contributed by atoms with E-state index < -0.39 is 18.0 Å². The Kier molecular flexibility index (Phi) is 9.35. The van der Waals surface area contributed by atoms with Crippen LogP contribution in [0.2, 0.25) is 0 Å². The molecule has 0 spiro atoms. The lowest BCUT2D eigenvalue weighted by atomic mass is 9.85. The number of rotatable bonds is 8. The normalized spacial score (nSPS) is 18.5. The second-order valence-electron chi connectivity index (χ2n) is 9.84. The van der Waals surface area contributed by atoms with Gasteiger partial charge >= 0.3 is 11.9 Å². The number of aromatic amines is 1. The van der Waals surface area contributed by atoms with Gasteiger partial charge in [-0.05, 0) is 66.8 Å². The number of nitrogens with one attached hydrogen (secondary N) is 1. The molecule has 39 heavy (non-hydrogen) atoms. The molecule has 1 aliphatic rings. The second kappa shape index (κ2) is 13.1. The molecule has 0 aliphatic carbocycles. The van der Waals surface area contributed by atoms with Gasteiger partial charge in [-0.25, -0.2) is 9.59 Å². The third-order valence-corrected chi connectivity index (χ3v) is 7.06. The van der Waals surface area contributed by atoms with Crippen molar-refractivity contribution in [3.8, 4) is 5.75 Å². The first kappa shape index (κ1) is 27.9. The van der Waals surface area contributed by atoms with Crippen molar-refractivity contribution < 1.29 is 29.6 Å². The molecule has 5 rings (SSSR count). The quantitative estimate of drug-likeness (QED) is 0.235. The van der Waals surface area contributed by atoms with Crippen LogP contribution in [0.4, 0.5) is 0 Å². The van der Waals surface area contributed by atoms with Crippen LogP contribution >= 0.6 is 0 Å². The van der Waals surface area contributed by atoms with E-state index in [2.05, 4.69) is 59.3 Å². The van der Waals surface area contributed by atoms with Gasteiger partial charge in [0.2, 0.25) is 0 Å². The Labute approximate surface area is 227 Å². The number of likely N-dealkylation sites (tertiary alicyclic amines) is 1. The summed E-state index contributed by atoms with van der Waals surface area (Å²) in [6.45, 7) is 4.24. The van der Waals surface area contributed by atoms with Crippen molar-refractivity contribution in [2.75, 3.05) is 19.7 Å². The number of aliphatic carboxylic acids is 2. The molecule has 2 heterocycles. The molecule has 3 atom stereocenters. The summed E-state index contributed by atoms with van der Waals surface area (Å²) in [5, 5.41) is 29.9. The Hall–Kier alpha value is -4.14. The van der Waals surface area contributed by atoms with Gasteiger partial charge in [-0.3, -0.25) is 4.90 Å². The predicted octanol–water partition coefficient (Wildman–Crippen LogP) is 5.04. The summed E-state index contributed by atoms with van der Waals surface area (Å²) in [6.07, 6.45) is 4.77. The van der Waals surface area contributed by atoms with E-state index in [9.17, 15) is 14.7 Å². The van der Waals surface area contributed by atoms with E-state index in [0.29, 0.717) is 37.3 Å². The number of ether oxygens (including phenoxy) is 1. The molecular weight excluding hydrogens is 496 g/mol. The maximum absolute atomic E-state index is 10.6. The molecule has 4 N–H and O–H groups in total. The van der Waals surface area contributed by atoms with E-state index in [-0.39, 0.29) is 0 Å². The van der Waals surface area contributed by atoms with E-state index >= 15 is 0 Å². The lowest BCUT2D eigenvalue weighted by Gasteiger charge is -2.39. The van der Waals surface area contributed by atoms with Gasteiger partial charge in [0.25, 0.3) is 0 Å². The zero-order chi connectivity index (χ0) is 27.8. The summed E-state index contributed by atoms with van der Waals surface area (Å²) in [7, 11) is 0. The minimum absolute atomic E-state index is 0.307. The molecule has 4 aromatic rings. The number of hydrogen-bond donors (Lipinski definition) is 4. The Bertz CT molecular complexity index is 1430. The molecule has 0 radical (unpaired) electrons. The number of carboxylic acid groups (broad SMARTS) is 2. The first-order valence-electron chi connectivity index (χ1n) is 13.0. The number of hydrogen-bond acceptors (Lipinski definition) is 5. The van der Waals surface area contributed by atoms with E-state index in [4.69, 9.17) is 14.9 Å². The van der Waals surface area contributed by atoms with Crippen LogP contribution in [0, 0.1) is 0 Å². The standard InChI is InChI=1S/C27H30N2O2.C4H4O4/c1-19-15-23(22-10-9-20-5-2-3-6-21(20)16-22)12-14-29(19)17-24(30)18-31-27-8-4-7-26-25(27)11-13-28-26;5-3(6)1-2-4(7)8/h2-11,13,16,19,23-24,28,30H,12,14-15,17-18H2,1H3;1-2H,(H,5,6)(H,7,8)/b;2-1-/t19-,23-,24+;/m1./s1. The summed E-state index contributed by atoms with van der Waals surface area (Å²) >= 11 is 0. The number of fused-ring (bicyclic) bond motifs is 2. The number of benzene rings is 3. The van der Waals surface area contributed by atoms with E-state index in [0.717, 1.165) is 36.0 Å². The maximum Gasteiger partial charge on any atom is 0.328 e. The van der Waals surface area contributed by atoms with Crippen molar-refractivity contribution in [2.24, 2.45) is 0 Å². The number of carboxylic acids is 2. The zero-order valence-electron chi connectivity index (χ0n) is 21.9. The number of aliphatic hydroxyl groups is 1. The average Bonchev–Trinajstić information content (AvgIpc) is 3.42. The highest BCUT2D eigenvalue weighted by Gasteiger charge is 2.28. The van der Waals surface area contributed by atoms with Crippen LogP contribution in [0.25, 0.3) is 21.7 Å². The lowest BCUT2D eigenvalue weighted by molar-refractivity contribution is -0.134. The highest BCUT2D eigenvalue weighted by atomic mass is 16.5. The Morgan fingerprint density at radius 2 is 1.77 bits per heavy atom. The molecule has 0 saturated carbocycles. The van der Waals surface area contributed by atoms with Crippen molar-refractivity contribution in [3.63, 3.8) is 0 Å². The highest BCUT2D eigenvalue weighted by molar-refractivity contribution is 5.89. The molecule has 204 valence electrons. The minimum atomic E-state index is -1.26. The van der Waals surface area contributed by atoms with E-state index in [1.807, 2.05) is 30.5 Å². The van der Waals surface area contributed by atoms with Crippen molar-refractivity contribution in [1.29, 1.82) is 0 Å². The van der Waals surface area contributed by atoms with Crippen molar-refractivity contribution >= 4 is 33.6 Å². The van der Waals surface area contributed by atoms with Gasteiger partial charge in [-0.15, -0.1) is 0 Å². The van der Waals surface area contributed by atoms with Gasteiger partial charge in [-0.2, -0.15) is 0 Å². The molecule has 3 aromatic carbocycles. The Morgan fingerprint density at radius 1 is 1.03 bits per heavy atom. The molecular formula is C31H34N2O6. The molecule has 0 bridgehead atoms. The summed E-state index contributed by atoms with van der Waals surface area (Å²) in [5.41, 5.74) is 2.49. The fourth-order valence-electron chi connectivity index (χ4n) is 5.09. The minimum Gasteiger partial charge on any atom is -0.490 e. The maximum atomic E-state index is 10.6. The summed E-state index contributed by atoms with van der Waals surface area (Å²) < 4.78 is 5.95. The molecule has 8 heteroatoms. The SMILES string of the molecule is C[C@@H]1C[C@H](c2ccc3ccccc3c2)CCN1C[C@H](O)COc1cccc2[nH]ccc12.O=C(O)/C=C\C(=O)O. The molecule has 8 nitrogen and oxygen atoms in total. The number of piperidine rings is 1. The highest BCUT2D eigenvalue weighted by Crippen LogP contribution is 2.33. The first-order valence-corrected chi connectivity index (χ1v) is 13.0. The monoisotopic (exact) mass is 530 g/mol. The summed E-state index contributed by atoms with van der Waals surface area (Å²) in [6, 6.07) is 23.9. The number of β-amino-alcohol motifs (C(OH)–C–C–N with tert-alkyl or cyclic N) is 1. The van der Waals surface area contributed by atoms with Gasteiger partial charge < -0.3 is 25.0 Å². The molecule has 1 aliphatic heterocycles. The van der Waals surface area contributed by atoms with Gasteiger partial charge in [-0.1, -0.05) is 48.5 Å². The summed E-state index contributed by atoms with van der Waals surface area (Å²) in [4.78, 5) is 24.7. The Morgan fingerprint density at radius 3 is 2.49 bits per heavy atom. The first-order chi connectivity index (χ1) is 18.8. The fourth-order valence-corrected chi connectivity index (χ4v) is 5.09. The molecule has 0 amide bonds. The predicted molar refractivity (Wildman–Crippen MR) is 151 cm³/mol. The molecule has 1 saturated heterocycles. The van der Waals surface area contributed by atoms with Crippen molar-refractivity contribution in [3.05, 3.63) is 90.6 Å². The zero-order valence-corrected chi connectivity index (χ0v) is 21.9. The summed E-state index contributed by atoms with van der Waals surface area (Å²) in [5.74, 6) is -1.11. The van der Waals surface area contributed by atoms with Crippen LogP contribution < -0.4 is 4.74 Å². The Balaban J connectivity index is 0.000000386. The van der Waals surface area contributed by atoms with Gasteiger partial charge in [0.15, 0.2) is 0 Å². The number of aromatic nitrogens is 1. The number of H-pyrrole nitrogens is 1. The second-order valence-corrected chi connectivity index (χ2v) is 9.84. The van der Waals surface area contributed by atoms with Crippen LogP contribution in [-0.2, 0) is 9.59 Å². The molecule has 1 fully saturated rings. The third kappa shape index (κ3) is 7.69.